The predicted molar refractivity (Wildman–Crippen MR) is 107 cm³/mol. The number of rotatable bonds is 10. The van der Waals surface area contributed by atoms with Crippen molar-refractivity contribution in [1.29, 1.82) is 5.26 Å². The molecule has 0 atom stereocenters. The lowest BCUT2D eigenvalue weighted by Crippen LogP contribution is -2.14. The third kappa shape index (κ3) is 5.83. The van der Waals surface area contributed by atoms with Gasteiger partial charge in [0.2, 0.25) is 5.91 Å². The highest BCUT2D eigenvalue weighted by Crippen LogP contribution is 2.26. The van der Waals surface area contributed by atoms with E-state index in [1.54, 1.807) is 7.11 Å². The summed E-state index contributed by atoms with van der Waals surface area (Å²) in [5.74, 6) is 0.561. The first-order chi connectivity index (χ1) is 13.5. The predicted octanol–water partition coefficient (Wildman–Crippen LogP) is 3.32. The van der Waals surface area contributed by atoms with Gasteiger partial charge in [-0.2, -0.15) is 10.4 Å². The Morgan fingerprint density at radius 3 is 2.79 bits per heavy atom. The molecule has 28 heavy (non-hydrogen) atoms. The standard InChI is InChI=1S/C21H28N4O3/c1-15-6-8-19(20(14-15)28-13-12-27-4)23-21(26)9-7-18-16(2)24-25(17(18)3)11-5-10-22/h6,8,14H,5,7,9,11-13H2,1-4H3,(H,23,26). The number of nitriles is 1. The van der Waals surface area contributed by atoms with E-state index < -0.39 is 0 Å². The van der Waals surface area contributed by atoms with Crippen molar-refractivity contribution in [2.45, 2.75) is 46.6 Å². The lowest BCUT2D eigenvalue weighted by molar-refractivity contribution is -0.116. The fourth-order valence-corrected chi connectivity index (χ4v) is 3.01. The minimum absolute atomic E-state index is 0.0796. The first-order valence-electron chi connectivity index (χ1n) is 9.38. The number of nitrogens with one attached hydrogen (secondary N) is 1. The van der Waals surface area contributed by atoms with Crippen LogP contribution in [0.2, 0.25) is 0 Å². The largest absolute Gasteiger partial charge is 0.489 e. The van der Waals surface area contributed by atoms with Gasteiger partial charge in [0.15, 0.2) is 0 Å². The maximum Gasteiger partial charge on any atom is 0.224 e. The second-order valence-electron chi connectivity index (χ2n) is 6.67. The molecule has 0 unspecified atom stereocenters. The Hall–Kier alpha value is -2.85. The van der Waals surface area contributed by atoms with Gasteiger partial charge < -0.3 is 14.8 Å². The number of aromatic nitrogens is 2. The van der Waals surface area contributed by atoms with Crippen molar-refractivity contribution in [2.24, 2.45) is 0 Å². The summed E-state index contributed by atoms with van der Waals surface area (Å²) in [5.41, 5.74) is 4.70. The van der Waals surface area contributed by atoms with Crippen LogP contribution in [-0.4, -0.2) is 36.0 Å². The van der Waals surface area contributed by atoms with Crippen molar-refractivity contribution in [3.63, 3.8) is 0 Å². The molecule has 0 aliphatic rings. The molecule has 150 valence electrons. The first-order valence-corrected chi connectivity index (χ1v) is 9.38. The lowest BCUT2D eigenvalue weighted by Gasteiger charge is -2.13. The average Bonchev–Trinajstić information content (AvgIpc) is 2.93. The number of benzene rings is 1. The molecule has 0 fully saturated rings. The van der Waals surface area contributed by atoms with E-state index in [1.807, 2.05) is 43.7 Å². The number of nitrogens with zero attached hydrogens (tertiary/aromatic N) is 3. The van der Waals surface area contributed by atoms with E-state index in [0.717, 1.165) is 22.5 Å². The molecule has 0 spiro atoms. The van der Waals surface area contributed by atoms with Crippen LogP contribution in [-0.2, 0) is 22.5 Å². The molecular weight excluding hydrogens is 356 g/mol. The minimum Gasteiger partial charge on any atom is -0.489 e. The van der Waals surface area contributed by atoms with E-state index in [2.05, 4.69) is 16.5 Å². The Kier molecular flexibility index (Phi) is 8.02. The quantitative estimate of drug-likeness (QED) is 0.635. The highest BCUT2D eigenvalue weighted by Gasteiger charge is 2.14. The van der Waals surface area contributed by atoms with E-state index >= 15 is 0 Å². The Bertz CT molecular complexity index is 852. The van der Waals surface area contributed by atoms with Crippen LogP contribution in [0.3, 0.4) is 0 Å². The maximum absolute atomic E-state index is 12.5. The van der Waals surface area contributed by atoms with Crippen LogP contribution in [0.5, 0.6) is 5.75 Å². The van der Waals surface area contributed by atoms with Gasteiger partial charge in [0.05, 0.1) is 37.0 Å². The van der Waals surface area contributed by atoms with Crippen LogP contribution in [0.15, 0.2) is 18.2 Å². The van der Waals surface area contributed by atoms with Gasteiger partial charge in [-0.25, -0.2) is 0 Å². The zero-order chi connectivity index (χ0) is 20.5. The van der Waals surface area contributed by atoms with Crippen molar-refractivity contribution < 1.29 is 14.3 Å². The Morgan fingerprint density at radius 1 is 1.29 bits per heavy atom. The molecule has 1 N–H and O–H groups in total. The van der Waals surface area contributed by atoms with E-state index in [4.69, 9.17) is 14.7 Å². The van der Waals surface area contributed by atoms with E-state index in [0.29, 0.717) is 50.5 Å². The van der Waals surface area contributed by atoms with Crippen LogP contribution >= 0.6 is 0 Å². The summed E-state index contributed by atoms with van der Waals surface area (Å²) in [7, 11) is 1.62. The molecule has 0 aliphatic heterocycles. The summed E-state index contributed by atoms with van der Waals surface area (Å²) < 4.78 is 12.6. The number of hydrogen-bond acceptors (Lipinski definition) is 5. The Morgan fingerprint density at radius 2 is 2.07 bits per heavy atom. The molecule has 1 aromatic heterocycles. The van der Waals surface area contributed by atoms with Crippen molar-refractivity contribution in [3.8, 4) is 11.8 Å². The third-order valence-electron chi connectivity index (χ3n) is 4.53. The minimum atomic E-state index is -0.0796. The molecule has 2 rings (SSSR count). The summed E-state index contributed by atoms with van der Waals surface area (Å²) in [6, 6.07) is 7.82. The molecule has 7 heteroatoms. The molecule has 0 saturated heterocycles. The monoisotopic (exact) mass is 384 g/mol. The number of hydrogen-bond donors (Lipinski definition) is 1. The molecule has 1 amide bonds. The van der Waals surface area contributed by atoms with Crippen LogP contribution in [0.4, 0.5) is 5.69 Å². The molecule has 7 nitrogen and oxygen atoms in total. The smallest absolute Gasteiger partial charge is 0.224 e. The van der Waals surface area contributed by atoms with Crippen LogP contribution < -0.4 is 10.1 Å². The number of anilines is 1. The summed E-state index contributed by atoms with van der Waals surface area (Å²) in [6.07, 6.45) is 1.36. The third-order valence-corrected chi connectivity index (χ3v) is 4.53. The number of ether oxygens (including phenoxy) is 2. The second-order valence-corrected chi connectivity index (χ2v) is 6.67. The Balaban J connectivity index is 2.00. The highest BCUT2D eigenvalue weighted by molar-refractivity contribution is 5.92. The van der Waals surface area contributed by atoms with Gasteiger partial charge in [-0.3, -0.25) is 9.48 Å². The van der Waals surface area contributed by atoms with Gasteiger partial charge >= 0.3 is 0 Å². The second kappa shape index (κ2) is 10.5. The van der Waals surface area contributed by atoms with Crippen molar-refractivity contribution in [1.82, 2.24) is 9.78 Å². The fraction of sp³-hybridized carbons (Fsp3) is 0.476. The van der Waals surface area contributed by atoms with Crippen LogP contribution in [0.1, 0.15) is 35.4 Å². The zero-order valence-corrected chi connectivity index (χ0v) is 17.0. The number of carbonyl (C=O) groups excluding carboxylic acids is 1. The van der Waals surface area contributed by atoms with Crippen LogP contribution in [0, 0.1) is 32.1 Å². The molecule has 0 aliphatic carbocycles. The normalized spacial score (nSPS) is 10.5. The van der Waals surface area contributed by atoms with Gasteiger partial charge in [-0.15, -0.1) is 0 Å². The van der Waals surface area contributed by atoms with E-state index in [-0.39, 0.29) is 5.91 Å². The van der Waals surface area contributed by atoms with Gasteiger partial charge in [0, 0.05) is 19.2 Å². The molecule has 1 aromatic carbocycles. The van der Waals surface area contributed by atoms with Gasteiger partial charge in [-0.05, 0) is 50.5 Å². The molecular formula is C21H28N4O3. The van der Waals surface area contributed by atoms with Gasteiger partial charge in [0.25, 0.3) is 0 Å². The van der Waals surface area contributed by atoms with Crippen molar-refractivity contribution in [2.75, 3.05) is 25.6 Å². The summed E-state index contributed by atoms with van der Waals surface area (Å²) >= 11 is 0. The molecule has 0 saturated carbocycles. The van der Waals surface area contributed by atoms with Crippen molar-refractivity contribution in [3.05, 3.63) is 40.7 Å². The fourth-order valence-electron chi connectivity index (χ4n) is 3.01. The summed E-state index contributed by atoms with van der Waals surface area (Å²) in [5, 5.41) is 16.2. The van der Waals surface area contributed by atoms with E-state index in [1.165, 1.54) is 0 Å². The van der Waals surface area contributed by atoms with E-state index in [9.17, 15) is 4.79 Å². The average molecular weight is 384 g/mol. The number of methoxy groups -OCH3 is 1. The van der Waals surface area contributed by atoms with Gasteiger partial charge in [-0.1, -0.05) is 6.07 Å². The number of carbonyl (C=O) groups is 1. The Labute approximate surface area is 166 Å². The highest BCUT2D eigenvalue weighted by atomic mass is 16.5. The van der Waals surface area contributed by atoms with Crippen molar-refractivity contribution >= 4 is 11.6 Å². The summed E-state index contributed by atoms with van der Waals surface area (Å²) in [4.78, 5) is 12.5. The lowest BCUT2D eigenvalue weighted by atomic mass is 10.1. The zero-order valence-electron chi connectivity index (χ0n) is 17.0. The van der Waals surface area contributed by atoms with Crippen LogP contribution in [0.25, 0.3) is 0 Å². The molecule has 0 radical (unpaired) electrons. The molecule has 0 bridgehead atoms. The first kappa shape index (κ1) is 21.5. The summed E-state index contributed by atoms with van der Waals surface area (Å²) in [6.45, 7) is 7.36. The number of aryl methyl sites for hydroxylation is 3. The van der Waals surface area contributed by atoms with Gasteiger partial charge in [0.1, 0.15) is 12.4 Å². The maximum atomic E-state index is 12.5. The topological polar surface area (TPSA) is 89.2 Å². The SMILES string of the molecule is COCCOc1cc(C)ccc1NC(=O)CCc1c(C)nn(CCC#N)c1C. The molecule has 1 heterocycles. The molecule has 2 aromatic rings. The number of amides is 1.